The third kappa shape index (κ3) is 7.65. The van der Waals surface area contributed by atoms with E-state index in [-0.39, 0.29) is 19.0 Å². The number of rotatable bonds is 9. The molecule has 0 aliphatic rings. The van der Waals surface area contributed by atoms with Crippen LogP contribution in [0.25, 0.3) is 0 Å². The van der Waals surface area contributed by atoms with Gasteiger partial charge in [0.25, 0.3) is 0 Å². The quantitative estimate of drug-likeness (QED) is 0.334. The van der Waals surface area contributed by atoms with Gasteiger partial charge >= 0.3 is 5.97 Å². The molecule has 0 saturated heterocycles. The van der Waals surface area contributed by atoms with Gasteiger partial charge in [0.15, 0.2) is 0 Å². The van der Waals surface area contributed by atoms with E-state index >= 15 is 0 Å². The molecular formula is C12H20N2O4. The first-order valence-corrected chi connectivity index (χ1v) is 5.72. The number of carbonyl (C=O) groups excluding carboxylic acids is 2. The van der Waals surface area contributed by atoms with Crippen LogP contribution in [0.1, 0.15) is 6.92 Å². The van der Waals surface area contributed by atoms with Crippen LogP contribution >= 0.6 is 0 Å². The lowest BCUT2D eigenvalue weighted by Crippen LogP contribution is -2.43. The van der Waals surface area contributed by atoms with Gasteiger partial charge in [0.1, 0.15) is 6.54 Å². The van der Waals surface area contributed by atoms with Gasteiger partial charge in [0, 0.05) is 13.7 Å². The smallest absolute Gasteiger partial charge is 0.325 e. The van der Waals surface area contributed by atoms with E-state index in [1.54, 1.807) is 6.92 Å². The van der Waals surface area contributed by atoms with E-state index in [0.29, 0.717) is 26.3 Å². The second kappa shape index (κ2) is 10.6. The number of terminal acetylenes is 1. The number of hydrogen-bond acceptors (Lipinski definition) is 5. The molecule has 0 aliphatic heterocycles. The summed E-state index contributed by atoms with van der Waals surface area (Å²) in [6, 6.07) is 0. The summed E-state index contributed by atoms with van der Waals surface area (Å²) in [5.74, 6) is 1.72. The van der Waals surface area contributed by atoms with Crippen LogP contribution in [0.5, 0.6) is 0 Å². The molecule has 0 bridgehead atoms. The molecule has 0 saturated carbocycles. The van der Waals surface area contributed by atoms with Crippen molar-refractivity contribution in [2.24, 2.45) is 0 Å². The summed E-state index contributed by atoms with van der Waals surface area (Å²) in [5, 5.41) is 2.78. The summed E-state index contributed by atoms with van der Waals surface area (Å²) in [4.78, 5) is 24.5. The molecule has 0 radical (unpaired) electrons. The Hall–Kier alpha value is -1.58. The summed E-state index contributed by atoms with van der Waals surface area (Å²) < 4.78 is 9.69. The first kappa shape index (κ1) is 16.4. The van der Waals surface area contributed by atoms with Crippen LogP contribution in [-0.2, 0) is 19.1 Å². The van der Waals surface area contributed by atoms with Crippen LogP contribution < -0.4 is 5.32 Å². The summed E-state index contributed by atoms with van der Waals surface area (Å²) >= 11 is 0. The Morgan fingerprint density at radius 1 is 1.44 bits per heavy atom. The first-order valence-electron chi connectivity index (χ1n) is 5.72. The molecular weight excluding hydrogens is 236 g/mol. The number of methoxy groups -OCH3 is 1. The van der Waals surface area contributed by atoms with Gasteiger partial charge in [-0.2, -0.15) is 0 Å². The van der Waals surface area contributed by atoms with E-state index in [4.69, 9.17) is 15.9 Å². The Kier molecular flexibility index (Phi) is 9.64. The van der Waals surface area contributed by atoms with Crippen LogP contribution in [0.15, 0.2) is 0 Å². The predicted octanol–water partition coefficient (Wildman–Crippen LogP) is -0.753. The molecule has 0 atom stereocenters. The predicted molar refractivity (Wildman–Crippen MR) is 66.8 cm³/mol. The molecule has 1 N–H and O–H groups in total. The number of carbonyl (C=O) groups is 2. The number of amides is 1. The van der Waals surface area contributed by atoms with Crippen molar-refractivity contribution in [2.75, 3.05) is 46.5 Å². The topological polar surface area (TPSA) is 67.9 Å². The Morgan fingerprint density at radius 2 is 2.17 bits per heavy atom. The van der Waals surface area contributed by atoms with Gasteiger partial charge in [-0.05, 0) is 6.92 Å². The molecule has 18 heavy (non-hydrogen) atoms. The van der Waals surface area contributed by atoms with Crippen LogP contribution in [0.3, 0.4) is 0 Å². The van der Waals surface area contributed by atoms with Gasteiger partial charge < -0.3 is 14.4 Å². The summed E-state index contributed by atoms with van der Waals surface area (Å²) in [7, 11) is 1.53. The second-order valence-corrected chi connectivity index (χ2v) is 3.42. The molecule has 0 aromatic carbocycles. The van der Waals surface area contributed by atoms with Crippen molar-refractivity contribution in [3.63, 3.8) is 0 Å². The summed E-state index contributed by atoms with van der Waals surface area (Å²) in [5.41, 5.74) is 0. The lowest BCUT2D eigenvalue weighted by atomic mass is 10.4. The highest BCUT2D eigenvalue weighted by atomic mass is 16.5. The highest BCUT2D eigenvalue weighted by molar-refractivity contribution is 5.83. The van der Waals surface area contributed by atoms with Crippen LogP contribution in [0.2, 0.25) is 0 Å². The zero-order valence-electron chi connectivity index (χ0n) is 10.9. The molecule has 6 heteroatoms. The molecule has 0 unspecified atom stereocenters. The van der Waals surface area contributed by atoms with Crippen molar-refractivity contribution >= 4 is 11.9 Å². The fourth-order valence-electron chi connectivity index (χ4n) is 1.21. The van der Waals surface area contributed by atoms with Gasteiger partial charge in [-0.15, -0.1) is 6.42 Å². The molecule has 0 heterocycles. The Bertz CT molecular complexity index is 299. The molecule has 0 fully saturated rings. The van der Waals surface area contributed by atoms with Crippen molar-refractivity contribution < 1.29 is 19.1 Å². The van der Waals surface area contributed by atoms with Crippen molar-refractivity contribution in [1.29, 1.82) is 0 Å². The minimum atomic E-state index is -0.432. The standard InChI is InChI=1S/C12H20N2O4/c1-4-6-13-9-11(15)14(7-8-17-3)10-12(16)18-5-2/h1,13H,5-10H2,2-3H3. The lowest BCUT2D eigenvalue weighted by Gasteiger charge is -2.21. The average molecular weight is 256 g/mol. The highest BCUT2D eigenvalue weighted by Crippen LogP contribution is 1.92. The van der Waals surface area contributed by atoms with Crippen molar-refractivity contribution in [3.8, 4) is 12.3 Å². The SMILES string of the molecule is C#CCNCC(=O)N(CCOC)CC(=O)OCC. The molecule has 0 rings (SSSR count). The van der Waals surface area contributed by atoms with Gasteiger partial charge in [0.05, 0.1) is 26.3 Å². The second-order valence-electron chi connectivity index (χ2n) is 3.42. The number of nitrogens with one attached hydrogen (secondary N) is 1. The van der Waals surface area contributed by atoms with E-state index in [2.05, 4.69) is 11.2 Å². The molecule has 1 amide bonds. The van der Waals surface area contributed by atoms with Gasteiger partial charge in [0.2, 0.25) is 5.91 Å². The Labute approximate surface area is 108 Å². The van der Waals surface area contributed by atoms with E-state index in [0.717, 1.165) is 0 Å². The summed E-state index contributed by atoms with van der Waals surface area (Å²) in [6.07, 6.45) is 5.06. The largest absolute Gasteiger partial charge is 0.465 e. The molecule has 0 aliphatic carbocycles. The number of hydrogen-bond donors (Lipinski definition) is 1. The van der Waals surface area contributed by atoms with E-state index in [9.17, 15) is 9.59 Å². The zero-order chi connectivity index (χ0) is 13.8. The van der Waals surface area contributed by atoms with Crippen molar-refractivity contribution in [2.45, 2.75) is 6.92 Å². The van der Waals surface area contributed by atoms with Crippen LogP contribution in [0.4, 0.5) is 0 Å². The maximum atomic E-state index is 11.8. The third-order valence-corrected chi connectivity index (χ3v) is 2.05. The minimum Gasteiger partial charge on any atom is -0.465 e. The maximum Gasteiger partial charge on any atom is 0.325 e. The number of ether oxygens (including phenoxy) is 2. The Balaban J connectivity index is 4.23. The zero-order valence-corrected chi connectivity index (χ0v) is 10.9. The van der Waals surface area contributed by atoms with Crippen molar-refractivity contribution in [1.82, 2.24) is 10.2 Å². The molecule has 6 nitrogen and oxygen atoms in total. The normalized spacial score (nSPS) is 9.61. The van der Waals surface area contributed by atoms with E-state index in [1.807, 2.05) is 0 Å². The first-order chi connectivity index (χ1) is 8.65. The monoisotopic (exact) mass is 256 g/mol. The van der Waals surface area contributed by atoms with Gasteiger partial charge in [-0.1, -0.05) is 5.92 Å². The van der Waals surface area contributed by atoms with Gasteiger partial charge in [-0.25, -0.2) is 0 Å². The number of nitrogens with zero attached hydrogens (tertiary/aromatic N) is 1. The van der Waals surface area contributed by atoms with E-state index in [1.165, 1.54) is 12.0 Å². The third-order valence-electron chi connectivity index (χ3n) is 2.05. The van der Waals surface area contributed by atoms with Gasteiger partial charge in [-0.3, -0.25) is 14.9 Å². The lowest BCUT2D eigenvalue weighted by molar-refractivity contribution is -0.149. The summed E-state index contributed by atoms with van der Waals surface area (Å²) in [6.45, 7) is 3.03. The fourth-order valence-corrected chi connectivity index (χ4v) is 1.21. The molecule has 0 aromatic heterocycles. The average Bonchev–Trinajstić information content (AvgIpc) is 2.34. The highest BCUT2D eigenvalue weighted by Gasteiger charge is 2.16. The van der Waals surface area contributed by atoms with E-state index < -0.39 is 5.97 Å². The molecule has 0 aromatic rings. The Morgan fingerprint density at radius 3 is 2.72 bits per heavy atom. The van der Waals surface area contributed by atoms with Crippen LogP contribution in [0, 0.1) is 12.3 Å². The number of esters is 1. The van der Waals surface area contributed by atoms with Crippen molar-refractivity contribution in [3.05, 3.63) is 0 Å². The minimum absolute atomic E-state index is 0.0756. The fraction of sp³-hybridized carbons (Fsp3) is 0.667. The maximum absolute atomic E-state index is 11.8. The molecule has 102 valence electrons. The molecule has 0 spiro atoms. The van der Waals surface area contributed by atoms with Crippen LogP contribution in [-0.4, -0.2) is 63.3 Å².